The second kappa shape index (κ2) is 8.52. The predicted octanol–water partition coefficient (Wildman–Crippen LogP) is 7.12. The molecule has 2 rings (SSSR count). The molecule has 0 spiro atoms. The third kappa shape index (κ3) is 6.14. The summed E-state index contributed by atoms with van der Waals surface area (Å²) in [6.07, 6.45) is -4.76. The predicted molar refractivity (Wildman–Crippen MR) is 87.4 cm³/mol. The van der Waals surface area contributed by atoms with Crippen LogP contribution in [-0.2, 0) is 0 Å². The van der Waals surface area contributed by atoms with Gasteiger partial charge in [0.05, 0.1) is 5.92 Å². The molecular weight excluding hydrogens is 377 g/mol. The lowest BCUT2D eigenvalue weighted by Crippen LogP contribution is -2.37. The van der Waals surface area contributed by atoms with E-state index in [-0.39, 0.29) is 25.0 Å². The molecule has 0 radical (unpaired) electrons. The molecule has 1 saturated carbocycles. The molecule has 1 nitrogen and oxygen atoms in total. The number of alkyl halides is 5. The fourth-order valence-corrected chi connectivity index (χ4v) is 3.39. The second-order valence-corrected chi connectivity index (χ2v) is 6.85. The molecule has 0 N–H and O–H groups in total. The Morgan fingerprint density at radius 1 is 1.00 bits per heavy atom. The van der Waals surface area contributed by atoms with Gasteiger partial charge < -0.3 is 4.74 Å². The van der Waals surface area contributed by atoms with Crippen molar-refractivity contribution in [3.8, 4) is 5.75 Å². The highest BCUT2D eigenvalue weighted by molar-refractivity contribution is 5.53. The highest BCUT2D eigenvalue weighted by Crippen LogP contribution is 2.41. The summed E-state index contributed by atoms with van der Waals surface area (Å²) >= 11 is 0. The van der Waals surface area contributed by atoms with Crippen LogP contribution in [0.5, 0.6) is 5.75 Å². The van der Waals surface area contributed by atoms with Crippen LogP contribution in [0.25, 0.3) is 6.08 Å². The molecule has 0 aliphatic heterocycles. The average Bonchev–Trinajstić information content (AvgIpc) is 2.53. The maximum Gasteiger partial charge on any atom is 0.409 e. The zero-order chi connectivity index (χ0) is 20.2. The summed E-state index contributed by atoms with van der Waals surface area (Å²) in [5, 5.41) is 0. The van der Waals surface area contributed by atoms with Gasteiger partial charge in [0.15, 0.2) is 0 Å². The lowest BCUT2D eigenvalue weighted by Gasteiger charge is -2.33. The van der Waals surface area contributed by atoms with Crippen molar-refractivity contribution in [1.82, 2.24) is 0 Å². The molecule has 0 atom stereocenters. The molecule has 1 aromatic carbocycles. The van der Waals surface area contributed by atoms with Crippen LogP contribution < -0.4 is 4.74 Å². The normalized spacial score (nSPS) is 21.6. The number of ether oxygens (including phenoxy) is 1. The zero-order valence-corrected chi connectivity index (χ0v) is 14.8. The zero-order valence-electron chi connectivity index (χ0n) is 14.8. The standard InChI is InChI=1S/C19H21F7O/c1-2-3-12-4-6-13(7-5-12)19(25,26)27-14-10-16(20)15(17(21)11-14)8-9-18(22,23)24/h8-13H,2-7H2,1H3/b9-8+. The largest absolute Gasteiger partial charge is 0.432 e. The van der Waals surface area contributed by atoms with Crippen LogP contribution in [0.1, 0.15) is 51.0 Å². The molecule has 0 amide bonds. The van der Waals surface area contributed by atoms with Crippen LogP contribution in [0.2, 0.25) is 0 Å². The summed E-state index contributed by atoms with van der Waals surface area (Å²) in [5.74, 6) is -4.24. The first-order valence-electron chi connectivity index (χ1n) is 8.83. The van der Waals surface area contributed by atoms with Crippen LogP contribution in [0.15, 0.2) is 18.2 Å². The van der Waals surface area contributed by atoms with E-state index in [9.17, 15) is 30.7 Å². The van der Waals surface area contributed by atoms with Crippen molar-refractivity contribution in [3.05, 3.63) is 35.4 Å². The van der Waals surface area contributed by atoms with Crippen molar-refractivity contribution in [2.45, 2.75) is 57.7 Å². The SMILES string of the molecule is CCCC1CCC(C(F)(F)Oc2cc(F)c(/C=C/C(F)(F)F)c(F)c2)CC1. The number of benzene rings is 1. The Bertz CT molecular complexity index is 636. The number of allylic oxidation sites excluding steroid dienone is 1. The van der Waals surface area contributed by atoms with Crippen LogP contribution >= 0.6 is 0 Å². The Morgan fingerprint density at radius 2 is 1.56 bits per heavy atom. The molecule has 1 aromatic rings. The summed E-state index contributed by atoms with van der Waals surface area (Å²) in [5.41, 5.74) is -0.969. The van der Waals surface area contributed by atoms with Gasteiger partial charge in [-0.1, -0.05) is 19.8 Å². The second-order valence-electron chi connectivity index (χ2n) is 6.85. The van der Waals surface area contributed by atoms with E-state index in [4.69, 9.17) is 0 Å². The fourth-order valence-electron chi connectivity index (χ4n) is 3.39. The first-order chi connectivity index (χ1) is 12.5. The fraction of sp³-hybridized carbons (Fsp3) is 0.579. The Morgan fingerprint density at radius 3 is 2.04 bits per heavy atom. The highest BCUT2D eigenvalue weighted by atomic mass is 19.4. The maximum absolute atomic E-state index is 14.3. The monoisotopic (exact) mass is 398 g/mol. The first kappa shape index (κ1) is 21.6. The lowest BCUT2D eigenvalue weighted by molar-refractivity contribution is -0.223. The summed E-state index contributed by atoms with van der Waals surface area (Å²) in [4.78, 5) is 0. The van der Waals surface area contributed by atoms with Crippen LogP contribution in [0, 0.1) is 23.5 Å². The van der Waals surface area contributed by atoms with E-state index in [1.165, 1.54) is 0 Å². The van der Waals surface area contributed by atoms with Gasteiger partial charge in [0, 0.05) is 23.8 Å². The van der Waals surface area contributed by atoms with Crippen molar-refractivity contribution >= 4 is 6.08 Å². The number of halogens is 7. The molecule has 0 bridgehead atoms. The summed E-state index contributed by atoms with van der Waals surface area (Å²) in [7, 11) is 0. The molecule has 27 heavy (non-hydrogen) atoms. The van der Waals surface area contributed by atoms with Crippen LogP contribution in [0.3, 0.4) is 0 Å². The maximum atomic E-state index is 14.3. The van der Waals surface area contributed by atoms with Gasteiger partial charge in [0.1, 0.15) is 17.4 Å². The number of rotatable bonds is 6. The van der Waals surface area contributed by atoms with Gasteiger partial charge in [-0.05, 0) is 37.7 Å². The molecule has 0 unspecified atom stereocenters. The molecule has 1 aliphatic rings. The summed E-state index contributed by atoms with van der Waals surface area (Å²) < 4.78 is 97.3. The average molecular weight is 398 g/mol. The Kier molecular flexibility index (Phi) is 6.81. The van der Waals surface area contributed by atoms with E-state index in [0.29, 0.717) is 30.9 Å². The Labute approximate surface area is 153 Å². The minimum atomic E-state index is -4.75. The first-order valence-corrected chi connectivity index (χ1v) is 8.83. The smallest absolute Gasteiger partial charge is 0.409 e. The topological polar surface area (TPSA) is 9.23 Å². The van der Waals surface area contributed by atoms with Gasteiger partial charge in [-0.15, -0.1) is 0 Å². The molecule has 0 heterocycles. The minimum absolute atomic E-state index is 0.210. The molecule has 1 aliphatic carbocycles. The molecule has 8 heteroatoms. The van der Waals surface area contributed by atoms with Gasteiger partial charge in [-0.2, -0.15) is 22.0 Å². The summed E-state index contributed by atoms with van der Waals surface area (Å²) in [6.45, 7) is 2.03. The summed E-state index contributed by atoms with van der Waals surface area (Å²) in [6, 6.07) is 0.936. The molecule has 1 fully saturated rings. The van der Waals surface area contributed by atoms with Gasteiger partial charge in [-0.3, -0.25) is 0 Å². The number of hydrogen-bond donors (Lipinski definition) is 0. The quantitative estimate of drug-likeness (QED) is 0.464. The molecular formula is C19H21F7O. The van der Waals surface area contributed by atoms with E-state index < -0.39 is 41.2 Å². The third-order valence-electron chi connectivity index (χ3n) is 4.76. The van der Waals surface area contributed by atoms with Crippen LogP contribution in [0.4, 0.5) is 30.7 Å². The van der Waals surface area contributed by atoms with E-state index in [1.54, 1.807) is 0 Å². The van der Waals surface area contributed by atoms with E-state index in [1.807, 2.05) is 6.92 Å². The number of hydrogen-bond acceptors (Lipinski definition) is 1. The minimum Gasteiger partial charge on any atom is -0.432 e. The van der Waals surface area contributed by atoms with Crippen LogP contribution in [-0.4, -0.2) is 12.3 Å². The third-order valence-corrected chi connectivity index (χ3v) is 4.76. The molecule has 0 saturated heterocycles. The van der Waals surface area contributed by atoms with Crippen molar-refractivity contribution in [3.63, 3.8) is 0 Å². The van der Waals surface area contributed by atoms with Crippen molar-refractivity contribution in [1.29, 1.82) is 0 Å². The van der Waals surface area contributed by atoms with Crippen molar-refractivity contribution in [2.75, 3.05) is 0 Å². The lowest BCUT2D eigenvalue weighted by atomic mass is 9.79. The van der Waals surface area contributed by atoms with E-state index in [2.05, 4.69) is 4.74 Å². The Hall–Kier alpha value is -1.73. The van der Waals surface area contributed by atoms with E-state index in [0.717, 1.165) is 12.8 Å². The van der Waals surface area contributed by atoms with E-state index >= 15 is 0 Å². The van der Waals surface area contributed by atoms with Gasteiger partial charge in [-0.25, -0.2) is 8.78 Å². The molecule has 152 valence electrons. The van der Waals surface area contributed by atoms with Crippen molar-refractivity contribution in [2.24, 2.45) is 11.8 Å². The van der Waals surface area contributed by atoms with Gasteiger partial charge in [0.2, 0.25) is 0 Å². The Balaban J connectivity index is 2.09. The van der Waals surface area contributed by atoms with Gasteiger partial charge >= 0.3 is 12.3 Å². The van der Waals surface area contributed by atoms with Gasteiger partial charge in [0.25, 0.3) is 0 Å². The highest BCUT2D eigenvalue weighted by Gasteiger charge is 2.44. The molecule has 0 aromatic heterocycles. The van der Waals surface area contributed by atoms with Crippen molar-refractivity contribution < 1.29 is 35.5 Å².